The summed E-state index contributed by atoms with van der Waals surface area (Å²) in [5.74, 6) is -2.37. The highest BCUT2D eigenvalue weighted by Gasteiger charge is 2.70. The lowest BCUT2D eigenvalue weighted by Crippen LogP contribution is -2.66. The quantitative estimate of drug-likeness (QED) is 0.401. The standard InChI is InChI=1S/C30H37F4NO4/c1-25(2,3)30(24(37)38)7-4-8-35(30)23(36)20-9-19(18-5-6-18)22(10-21(20)31)39-17-26-11-27(32)14-28(33,12-26)16-29(34,13-26)15-27/h9-10,18H,4-8,11-17H2,1-3H3,(H,37,38). The van der Waals surface area contributed by atoms with E-state index in [-0.39, 0.29) is 75.3 Å². The monoisotopic (exact) mass is 551 g/mol. The molecule has 1 aromatic rings. The Balaban J connectivity index is 1.30. The third-order valence-corrected chi connectivity index (χ3v) is 10.1. The van der Waals surface area contributed by atoms with Crippen molar-refractivity contribution >= 4 is 11.9 Å². The molecular weight excluding hydrogens is 514 g/mol. The molecule has 1 N–H and O–H groups in total. The fraction of sp³-hybridized carbons (Fsp3) is 0.733. The smallest absolute Gasteiger partial charge is 0.330 e. The number of alkyl halides is 3. The fourth-order valence-electron chi connectivity index (χ4n) is 8.99. The molecule has 1 amide bonds. The number of amides is 1. The number of rotatable bonds is 6. The van der Waals surface area contributed by atoms with Gasteiger partial charge in [-0.05, 0) is 67.9 Å². The Hall–Kier alpha value is -2.32. The van der Waals surface area contributed by atoms with E-state index in [0.29, 0.717) is 12.0 Å². The maximum absolute atomic E-state index is 15.6. The van der Waals surface area contributed by atoms with Gasteiger partial charge in [-0.1, -0.05) is 20.8 Å². The normalized spacial score (nSPS) is 39.3. The van der Waals surface area contributed by atoms with E-state index >= 15 is 17.6 Å². The third kappa shape index (κ3) is 4.16. The number of likely N-dealkylation sites (tertiary alicyclic amines) is 1. The number of hydrogen-bond acceptors (Lipinski definition) is 3. The lowest BCUT2D eigenvalue weighted by Gasteiger charge is -2.62. The molecule has 1 aromatic carbocycles. The minimum Gasteiger partial charge on any atom is -0.493 e. The molecule has 1 atom stereocenters. The molecule has 1 aliphatic heterocycles. The summed E-state index contributed by atoms with van der Waals surface area (Å²) in [5.41, 5.74) is -8.54. The molecule has 6 aliphatic rings. The lowest BCUT2D eigenvalue weighted by atomic mass is 9.46. The zero-order valence-corrected chi connectivity index (χ0v) is 22.8. The molecule has 5 nitrogen and oxygen atoms in total. The predicted molar refractivity (Wildman–Crippen MR) is 136 cm³/mol. The number of halogens is 4. The largest absolute Gasteiger partial charge is 0.493 e. The van der Waals surface area contributed by atoms with E-state index in [9.17, 15) is 14.7 Å². The van der Waals surface area contributed by atoms with Crippen LogP contribution in [0.3, 0.4) is 0 Å². The highest BCUT2D eigenvalue weighted by Crippen LogP contribution is 2.68. The molecule has 1 saturated heterocycles. The van der Waals surface area contributed by atoms with Gasteiger partial charge in [0.15, 0.2) is 0 Å². The summed E-state index contributed by atoms with van der Waals surface area (Å²) < 4.78 is 68.0. The van der Waals surface area contributed by atoms with Crippen molar-refractivity contribution in [3.63, 3.8) is 0 Å². The summed E-state index contributed by atoms with van der Waals surface area (Å²) in [4.78, 5) is 27.5. The number of carboxylic acids is 1. The van der Waals surface area contributed by atoms with Crippen LogP contribution in [0, 0.1) is 16.6 Å². The summed E-state index contributed by atoms with van der Waals surface area (Å²) in [6, 6.07) is 2.60. The first-order chi connectivity index (χ1) is 18.0. The van der Waals surface area contributed by atoms with Crippen molar-refractivity contribution in [2.24, 2.45) is 10.8 Å². The average Bonchev–Trinajstić information content (AvgIpc) is 3.49. The minimum atomic E-state index is -1.90. The molecule has 5 saturated carbocycles. The van der Waals surface area contributed by atoms with Gasteiger partial charge in [-0.2, -0.15) is 0 Å². The zero-order chi connectivity index (χ0) is 28.2. The molecule has 9 heteroatoms. The summed E-state index contributed by atoms with van der Waals surface area (Å²) in [6.07, 6.45) is 1.63. The van der Waals surface area contributed by atoms with E-state index in [1.54, 1.807) is 20.8 Å². The van der Waals surface area contributed by atoms with Gasteiger partial charge in [0.2, 0.25) is 0 Å². The Labute approximate surface area is 226 Å². The van der Waals surface area contributed by atoms with Crippen molar-refractivity contribution in [1.29, 1.82) is 0 Å². The summed E-state index contributed by atoms with van der Waals surface area (Å²) in [5, 5.41) is 10.2. The van der Waals surface area contributed by atoms with Crippen LogP contribution < -0.4 is 4.74 Å². The number of benzene rings is 1. The van der Waals surface area contributed by atoms with Crippen LogP contribution in [-0.4, -0.2) is 57.6 Å². The summed E-state index contributed by atoms with van der Waals surface area (Å²) in [6.45, 7) is 5.39. The van der Waals surface area contributed by atoms with Crippen LogP contribution in [0.25, 0.3) is 0 Å². The van der Waals surface area contributed by atoms with Crippen molar-refractivity contribution < 1.29 is 37.0 Å². The number of hydrogen-bond donors (Lipinski definition) is 1. The van der Waals surface area contributed by atoms with Crippen LogP contribution in [0.15, 0.2) is 12.1 Å². The van der Waals surface area contributed by atoms with Crippen LogP contribution in [0.5, 0.6) is 5.75 Å². The van der Waals surface area contributed by atoms with Gasteiger partial charge >= 0.3 is 5.97 Å². The van der Waals surface area contributed by atoms with Crippen molar-refractivity contribution in [2.45, 2.75) is 113 Å². The van der Waals surface area contributed by atoms with E-state index in [1.807, 2.05) is 0 Å². The van der Waals surface area contributed by atoms with Gasteiger partial charge in [-0.15, -0.1) is 0 Å². The first kappa shape index (κ1) is 26.9. The van der Waals surface area contributed by atoms with Gasteiger partial charge in [0.05, 0.1) is 12.2 Å². The molecule has 5 aliphatic carbocycles. The molecule has 39 heavy (non-hydrogen) atoms. The van der Waals surface area contributed by atoms with E-state index < -0.39 is 51.1 Å². The Morgan fingerprint density at radius 2 is 1.56 bits per heavy atom. The fourth-order valence-corrected chi connectivity index (χ4v) is 8.99. The van der Waals surface area contributed by atoms with Crippen molar-refractivity contribution in [2.75, 3.05) is 13.2 Å². The Morgan fingerprint density at radius 3 is 2.05 bits per heavy atom. The molecule has 0 radical (unpaired) electrons. The average molecular weight is 552 g/mol. The Bertz CT molecular complexity index is 1190. The van der Waals surface area contributed by atoms with E-state index in [2.05, 4.69) is 0 Å². The van der Waals surface area contributed by atoms with E-state index in [1.165, 1.54) is 11.0 Å². The van der Waals surface area contributed by atoms with Crippen LogP contribution in [0.4, 0.5) is 17.6 Å². The SMILES string of the molecule is CC(C)(C)C1(C(=O)O)CCCN1C(=O)c1cc(C2CC2)c(OCC23CC4(F)CC(F)(CC(F)(C4)C2)C3)cc1F. The van der Waals surface area contributed by atoms with Crippen LogP contribution >= 0.6 is 0 Å². The van der Waals surface area contributed by atoms with Gasteiger partial charge < -0.3 is 14.7 Å². The number of carbonyl (C=O) groups is 2. The van der Waals surface area contributed by atoms with Crippen molar-refractivity contribution in [3.05, 3.63) is 29.1 Å². The second kappa shape index (κ2) is 8.12. The number of ether oxygens (including phenoxy) is 1. The van der Waals surface area contributed by atoms with E-state index in [4.69, 9.17) is 4.74 Å². The van der Waals surface area contributed by atoms with Gasteiger partial charge in [0.1, 0.15) is 34.1 Å². The molecule has 7 rings (SSSR count). The molecule has 0 aromatic heterocycles. The lowest BCUT2D eigenvalue weighted by molar-refractivity contribution is -0.223. The first-order valence-corrected chi connectivity index (χ1v) is 14.1. The topological polar surface area (TPSA) is 66.8 Å². The van der Waals surface area contributed by atoms with Gasteiger partial charge in [-0.25, -0.2) is 22.4 Å². The second-order valence-corrected chi connectivity index (χ2v) is 14.4. The number of aliphatic carboxylic acids is 1. The Kier molecular flexibility index (Phi) is 5.60. The van der Waals surface area contributed by atoms with Crippen molar-refractivity contribution in [1.82, 2.24) is 4.90 Å². The first-order valence-electron chi connectivity index (χ1n) is 14.1. The molecule has 214 valence electrons. The molecular formula is C30H37F4NO4. The van der Waals surface area contributed by atoms with Gasteiger partial charge in [0, 0.05) is 37.3 Å². The minimum absolute atomic E-state index is 0.0220. The van der Waals surface area contributed by atoms with Crippen LogP contribution in [0.1, 0.15) is 107 Å². The highest BCUT2D eigenvalue weighted by molar-refractivity contribution is 5.99. The maximum atomic E-state index is 15.6. The molecule has 0 spiro atoms. The van der Waals surface area contributed by atoms with Crippen LogP contribution in [-0.2, 0) is 4.79 Å². The third-order valence-electron chi connectivity index (χ3n) is 10.1. The molecule has 6 fully saturated rings. The van der Waals surface area contributed by atoms with Gasteiger partial charge in [0.25, 0.3) is 5.91 Å². The summed E-state index contributed by atoms with van der Waals surface area (Å²) in [7, 11) is 0. The van der Waals surface area contributed by atoms with Crippen LogP contribution in [0.2, 0.25) is 0 Å². The second-order valence-electron chi connectivity index (χ2n) is 14.4. The number of carbonyl (C=O) groups excluding carboxylic acids is 1. The number of carboxylic acid groups (broad SMARTS) is 1. The zero-order valence-electron chi connectivity index (χ0n) is 22.8. The van der Waals surface area contributed by atoms with Crippen molar-refractivity contribution in [3.8, 4) is 5.75 Å². The molecule has 4 bridgehead atoms. The Morgan fingerprint density at radius 1 is 1.00 bits per heavy atom. The van der Waals surface area contributed by atoms with E-state index in [0.717, 1.165) is 18.9 Å². The van der Waals surface area contributed by atoms with Gasteiger partial charge in [-0.3, -0.25) is 4.79 Å². The maximum Gasteiger partial charge on any atom is 0.330 e. The highest BCUT2D eigenvalue weighted by atomic mass is 19.2. The molecule has 1 unspecified atom stereocenters. The predicted octanol–water partition coefficient (Wildman–Crippen LogP) is 6.68. The molecule has 1 heterocycles. The summed E-state index contributed by atoms with van der Waals surface area (Å²) >= 11 is 0. The number of nitrogens with zero attached hydrogens (tertiary/aromatic N) is 1.